The van der Waals surface area contributed by atoms with Crippen molar-refractivity contribution in [1.82, 2.24) is 5.32 Å². The Labute approximate surface area is 225 Å². The van der Waals surface area contributed by atoms with Gasteiger partial charge in [-0.3, -0.25) is 14.4 Å². The topological polar surface area (TPSA) is 105 Å². The Bertz CT molecular complexity index is 1390. The monoisotopic (exact) mass is 531 g/mol. The molecule has 0 atom stereocenters. The minimum absolute atomic E-state index is 0.101. The van der Waals surface area contributed by atoms with Crippen molar-refractivity contribution in [1.29, 1.82) is 0 Å². The third-order valence-electron chi connectivity index (χ3n) is 5.76. The Morgan fingerprint density at radius 3 is 2.34 bits per heavy atom. The summed E-state index contributed by atoms with van der Waals surface area (Å²) in [4.78, 5) is 51.5. The van der Waals surface area contributed by atoms with Gasteiger partial charge in [-0.15, -0.1) is 0 Å². The van der Waals surface area contributed by atoms with Crippen LogP contribution in [0.5, 0.6) is 0 Å². The highest BCUT2D eigenvalue weighted by Gasteiger charge is 2.39. The number of ether oxygens (including phenoxy) is 1. The number of hydrogen-bond donors (Lipinski definition) is 2. The molecule has 1 heterocycles. The van der Waals surface area contributed by atoms with E-state index in [1.807, 2.05) is 37.3 Å². The van der Waals surface area contributed by atoms with E-state index in [0.29, 0.717) is 30.6 Å². The molecule has 8 nitrogen and oxygen atoms in total. The van der Waals surface area contributed by atoms with E-state index in [9.17, 15) is 19.2 Å². The van der Waals surface area contributed by atoms with Crippen LogP contribution < -0.4 is 15.5 Å². The van der Waals surface area contributed by atoms with Gasteiger partial charge in [-0.2, -0.15) is 0 Å². The fourth-order valence-electron chi connectivity index (χ4n) is 3.81. The van der Waals surface area contributed by atoms with Gasteiger partial charge in [0.25, 0.3) is 17.7 Å². The van der Waals surface area contributed by atoms with Gasteiger partial charge in [-0.25, -0.2) is 9.69 Å². The van der Waals surface area contributed by atoms with Crippen molar-refractivity contribution in [2.45, 2.75) is 19.8 Å². The zero-order chi connectivity index (χ0) is 27.1. The largest absolute Gasteiger partial charge is 0.462 e. The summed E-state index contributed by atoms with van der Waals surface area (Å²) in [5, 5.41) is 5.48. The predicted molar refractivity (Wildman–Crippen MR) is 145 cm³/mol. The van der Waals surface area contributed by atoms with Gasteiger partial charge < -0.3 is 15.4 Å². The van der Waals surface area contributed by atoms with Gasteiger partial charge in [0, 0.05) is 17.8 Å². The van der Waals surface area contributed by atoms with E-state index in [1.54, 1.807) is 36.4 Å². The standard InChI is InChI=1S/C29H26ClN3O5/c1-2-17-38-29(37)21-9-6-10-23(18-21)33-27(35)24(30)25(28(33)36)32-22-13-11-20(12-14-22)26(34)31-16-15-19-7-4-3-5-8-19/h3-14,18,32H,2,15-17H2,1H3,(H,31,34). The second-order valence-corrected chi connectivity index (χ2v) is 8.89. The van der Waals surface area contributed by atoms with Crippen LogP contribution in [0.3, 0.4) is 0 Å². The molecule has 0 saturated heterocycles. The zero-order valence-electron chi connectivity index (χ0n) is 20.7. The van der Waals surface area contributed by atoms with Crippen LogP contribution in [0.1, 0.15) is 39.6 Å². The van der Waals surface area contributed by atoms with Crippen LogP contribution in [0, 0.1) is 0 Å². The van der Waals surface area contributed by atoms with Gasteiger partial charge in [0.2, 0.25) is 0 Å². The lowest BCUT2D eigenvalue weighted by Gasteiger charge is -2.16. The number of nitrogens with one attached hydrogen (secondary N) is 2. The van der Waals surface area contributed by atoms with Gasteiger partial charge >= 0.3 is 5.97 Å². The van der Waals surface area contributed by atoms with Crippen molar-refractivity contribution in [3.8, 4) is 0 Å². The van der Waals surface area contributed by atoms with Gasteiger partial charge in [0.15, 0.2) is 0 Å². The zero-order valence-corrected chi connectivity index (χ0v) is 21.5. The van der Waals surface area contributed by atoms with Crippen LogP contribution in [-0.2, 0) is 20.7 Å². The van der Waals surface area contributed by atoms with Gasteiger partial charge in [-0.05, 0) is 60.9 Å². The number of imide groups is 1. The van der Waals surface area contributed by atoms with Crippen molar-refractivity contribution >= 4 is 46.7 Å². The molecule has 2 N–H and O–H groups in total. The highest BCUT2D eigenvalue weighted by atomic mass is 35.5. The molecule has 0 aliphatic carbocycles. The fraction of sp³-hybridized carbons (Fsp3) is 0.172. The molecule has 4 rings (SSSR count). The van der Waals surface area contributed by atoms with Crippen molar-refractivity contribution in [2.24, 2.45) is 0 Å². The number of carbonyl (C=O) groups excluding carboxylic acids is 4. The Morgan fingerprint density at radius 2 is 1.63 bits per heavy atom. The molecule has 0 radical (unpaired) electrons. The molecular formula is C29H26ClN3O5. The number of anilines is 2. The molecule has 0 aromatic heterocycles. The summed E-state index contributed by atoms with van der Waals surface area (Å²) in [5.74, 6) is -2.15. The molecule has 0 spiro atoms. The van der Waals surface area contributed by atoms with Crippen molar-refractivity contribution in [3.05, 3.63) is 106 Å². The molecule has 0 unspecified atom stereocenters. The van der Waals surface area contributed by atoms with Crippen LogP contribution in [0.15, 0.2) is 89.6 Å². The number of amides is 3. The highest BCUT2D eigenvalue weighted by molar-refractivity contribution is 6.53. The Morgan fingerprint density at radius 1 is 0.895 bits per heavy atom. The molecule has 38 heavy (non-hydrogen) atoms. The summed E-state index contributed by atoms with van der Waals surface area (Å²) in [6, 6.07) is 22.3. The Kier molecular flexibility index (Phi) is 8.55. The summed E-state index contributed by atoms with van der Waals surface area (Å²) in [6.45, 7) is 2.64. The smallest absolute Gasteiger partial charge is 0.338 e. The molecule has 9 heteroatoms. The van der Waals surface area contributed by atoms with E-state index in [0.717, 1.165) is 10.5 Å². The lowest BCUT2D eigenvalue weighted by molar-refractivity contribution is -0.120. The molecule has 3 aromatic rings. The average molecular weight is 532 g/mol. The van der Waals surface area contributed by atoms with Gasteiger partial charge in [0.1, 0.15) is 10.7 Å². The number of rotatable bonds is 10. The lowest BCUT2D eigenvalue weighted by Crippen LogP contribution is -2.32. The van der Waals surface area contributed by atoms with Crippen LogP contribution in [0.2, 0.25) is 0 Å². The van der Waals surface area contributed by atoms with E-state index in [4.69, 9.17) is 16.3 Å². The van der Waals surface area contributed by atoms with Crippen LogP contribution in [0.25, 0.3) is 0 Å². The van der Waals surface area contributed by atoms with Crippen LogP contribution in [-0.4, -0.2) is 36.8 Å². The average Bonchev–Trinajstić information content (AvgIpc) is 3.15. The molecule has 194 valence electrons. The van der Waals surface area contributed by atoms with Gasteiger partial charge in [-0.1, -0.05) is 54.9 Å². The number of esters is 1. The van der Waals surface area contributed by atoms with Crippen molar-refractivity contribution in [3.63, 3.8) is 0 Å². The maximum Gasteiger partial charge on any atom is 0.338 e. The third-order valence-corrected chi connectivity index (χ3v) is 6.11. The second kappa shape index (κ2) is 12.2. The normalized spacial score (nSPS) is 13.1. The number of hydrogen-bond acceptors (Lipinski definition) is 6. The molecule has 3 amide bonds. The molecule has 3 aromatic carbocycles. The minimum Gasteiger partial charge on any atom is -0.462 e. The van der Waals surface area contributed by atoms with E-state index in [-0.39, 0.29) is 34.5 Å². The maximum absolute atomic E-state index is 13.1. The number of nitrogens with zero attached hydrogens (tertiary/aromatic N) is 1. The van der Waals surface area contributed by atoms with Crippen molar-refractivity contribution < 1.29 is 23.9 Å². The van der Waals surface area contributed by atoms with Crippen molar-refractivity contribution in [2.75, 3.05) is 23.4 Å². The first-order valence-corrected chi connectivity index (χ1v) is 12.5. The van der Waals surface area contributed by atoms with E-state index in [1.165, 1.54) is 12.1 Å². The van der Waals surface area contributed by atoms with E-state index in [2.05, 4.69) is 10.6 Å². The summed E-state index contributed by atoms with van der Waals surface area (Å²) >= 11 is 6.23. The lowest BCUT2D eigenvalue weighted by atomic mass is 10.1. The first-order chi connectivity index (χ1) is 18.4. The summed E-state index contributed by atoms with van der Waals surface area (Å²) in [6.07, 6.45) is 1.39. The number of carbonyl (C=O) groups is 4. The predicted octanol–water partition coefficient (Wildman–Crippen LogP) is 4.66. The summed E-state index contributed by atoms with van der Waals surface area (Å²) < 4.78 is 5.13. The highest BCUT2D eigenvalue weighted by Crippen LogP contribution is 2.30. The number of benzene rings is 3. The van der Waals surface area contributed by atoms with E-state index < -0.39 is 17.8 Å². The molecular weight excluding hydrogens is 506 g/mol. The quantitative estimate of drug-likeness (QED) is 0.291. The Balaban J connectivity index is 1.40. The third kappa shape index (κ3) is 6.10. The van der Waals surface area contributed by atoms with Crippen LogP contribution >= 0.6 is 11.6 Å². The van der Waals surface area contributed by atoms with E-state index >= 15 is 0 Å². The Hall–Kier alpha value is -4.43. The second-order valence-electron chi connectivity index (χ2n) is 8.51. The maximum atomic E-state index is 13.1. The molecule has 1 aliphatic rings. The minimum atomic E-state index is -0.715. The molecule has 0 fully saturated rings. The molecule has 0 saturated carbocycles. The summed E-state index contributed by atoms with van der Waals surface area (Å²) in [5.41, 5.74) is 2.36. The first kappa shape index (κ1) is 26.6. The molecule has 0 bridgehead atoms. The SMILES string of the molecule is CCCOC(=O)c1cccc(N2C(=O)C(Cl)=C(Nc3ccc(C(=O)NCCc4ccccc4)cc3)C2=O)c1. The van der Waals surface area contributed by atoms with Crippen LogP contribution in [0.4, 0.5) is 11.4 Å². The first-order valence-electron chi connectivity index (χ1n) is 12.1. The van der Waals surface area contributed by atoms with Gasteiger partial charge in [0.05, 0.1) is 17.9 Å². The summed E-state index contributed by atoms with van der Waals surface area (Å²) in [7, 11) is 0. The number of halogens is 1. The fourth-order valence-corrected chi connectivity index (χ4v) is 4.02. The molecule has 1 aliphatic heterocycles.